The van der Waals surface area contributed by atoms with E-state index in [2.05, 4.69) is 15.3 Å². The van der Waals surface area contributed by atoms with Gasteiger partial charge >= 0.3 is 11.7 Å². The van der Waals surface area contributed by atoms with Crippen LogP contribution in [0.3, 0.4) is 0 Å². The van der Waals surface area contributed by atoms with Crippen molar-refractivity contribution in [3.05, 3.63) is 34.2 Å². The Balaban J connectivity index is 1.34. The first-order chi connectivity index (χ1) is 13.1. The molecule has 144 valence electrons. The van der Waals surface area contributed by atoms with Gasteiger partial charge in [0.25, 0.3) is 5.91 Å². The van der Waals surface area contributed by atoms with Crippen LogP contribution in [0.1, 0.15) is 42.5 Å². The van der Waals surface area contributed by atoms with Crippen LogP contribution in [-0.2, 0) is 0 Å². The number of aromatic nitrogens is 2. The molecule has 2 aliphatic rings. The normalized spacial score (nSPS) is 18.7. The molecule has 2 fully saturated rings. The summed E-state index contributed by atoms with van der Waals surface area (Å²) in [6.07, 6.45) is 5.76. The minimum absolute atomic E-state index is 0.0136. The van der Waals surface area contributed by atoms with E-state index < -0.39 is 0 Å². The minimum Gasteiger partial charge on any atom is -0.335 e. The number of piperazine rings is 1. The van der Waals surface area contributed by atoms with Crippen LogP contribution in [0.15, 0.2) is 23.0 Å². The van der Waals surface area contributed by atoms with Gasteiger partial charge in [0.05, 0.1) is 11.0 Å². The van der Waals surface area contributed by atoms with E-state index in [0.717, 1.165) is 12.8 Å². The zero-order valence-electron chi connectivity index (χ0n) is 15.3. The number of H-pyrrole nitrogens is 2. The van der Waals surface area contributed by atoms with E-state index in [-0.39, 0.29) is 17.6 Å². The van der Waals surface area contributed by atoms with E-state index >= 15 is 0 Å². The predicted octanol–water partition coefficient (Wildman–Crippen LogP) is 1.66. The third kappa shape index (κ3) is 3.84. The molecule has 2 heterocycles. The van der Waals surface area contributed by atoms with Gasteiger partial charge in [-0.15, -0.1) is 0 Å². The van der Waals surface area contributed by atoms with Gasteiger partial charge < -0.3 is 25.1 Å². The number of aromatic amines is 2. The summed E-state index contributed by atoms with van der Waals surface area (Å²) in [5.41, 5.74) is 1.56. The molecule has 0 unspecified atom stereocenters. The Morgan fingerprint density at radius 1 is 0.926 bits per heavy atom. The molecule has 0 spiro atoms. The molecule has 3 N–H and O–H groups in total. The predicted molar refractivity (Wildman–Crippen MR) is 102 cm³/mol. The molecular weight excluding hydrogens is 346 g/mol. The maximum Gasteiger partial charge on any atom is 0.323 e. The molecule has 1 aliphatic heterocycles. The van der Waals surface area contributed by atoms with Gasteiger partial charge in [-0.3, -0.25) is 4.79 Å². The molecule has 27 heavy (non-hydrogen) atoms. The Bertz CT molecular complexity index is 888. The second kappa shape index (κ2) is 7.46. The first-order valence-electron chi connectivity index (χ1n) is 9.67. The van der Waals surface area contributed by atoms with Crippen LogP contribution in [0.25, 0.3) is 11.0 Å². The summed E-state index contributed by atoms with van der Waals surface area (Å²) in [6.45, 7) is 2.10. The fourth-order valence-corrected chi connectivity index (χ4v) is 3.97. The van der Waals surface area contributed by atoms with Gasteiger partial charge in [-0.25, -0.2) is 9.59 Å². The number of benzene rings is 1. The van der Waals surface area contributed by atoms with Crippen molar-refractivity contribution in [1.29, 1.82) is 0 Å². The summed E-state index contributed by atoms with van der Waals surface area (Å²) in [5.74, 6) is -0.0775. The summed E-state index contributed by atoms with van der Waals surface area (Å²) in [4.78, 5) is 45.4. The second-order valence-electron chi connectivity index (χ2n) is 7.40. The maximum absolute atomic E-state index is 12.7. The molecule has 0 atom stereocenters. The van der Waals surface area contributed by atoms with Gasteiger partial charge in [-0.05, 0) is 31.0 Å². The number of rotatable bonds is 2. The van der Waals surface area contributed by atoms with E-state index in [1.54, 1.807) is 28.0 Å². The van der Waals surface area contributed by atoms with Gasteiger partial charge in [0.2, 0.25) is 0 Å². The van der Waals surface area contributed by atoms with Crippen molar-refractivity contribution >= 4 is 23.0 Å². The van der Waals surface area contributed by atoms with E-state index in [1.165, 1.54) is 19.3 Å². The second-order valence-corrected chi connectivity index (χ2v) is 7.40. The number of carbonyl (C=O) groups is 2. The molecule has 8 heteroatoms. The average Bonchev–Trinajstić information content (AvgIpc) is 3.07. The van der Waals surface area contributed by atoms with Crippen LogP contribution < -0.4 is 11.0 Å². The first kappa shape index (κ1) is 17.6. The summed E-state index contributed by atoms with van der Waals surface area (Å²) < 4.78 is 0. The SMILES string of the molecule is O=C(NC1CCCCC1)N1CCN(C(=O)c2ccc3[nH]c(=O)[nH]c3c2)CC1. The number of carbonyl (C=O) groups excluding carboxylic acids is 2. The summed E-state index contributed by atoms with van der Waals surface area (Å²) >= 11 is 0. The number of nitrogens with zero attached hydrogens (tertiary/aromatic N) is 2. The van der Waals surface area contributed by atoms with Crippen LogP contribution in [0.2, 0.25) is 0 Å². The summed E-state index contributed by atoms with van der Waals surface area (Å²) in [6, 6.07) is 5.42. The molecule has 1 aromatic carbocycles. The van der Waals surface area contributed by atoms with Crippen molar-refractivity contribution in [3.63, 3.8) is 0 Å². The van der Waals surface area contributed by atoms with Gasteiger partial charge in [-0.1, -0.05) is 19.3 Å². The third-order valence-electron chi connectivity index (χ3n) is 5.55. The number of fused-ring (bicyclic) bond motifs is 1. The Hall–Kier alpha value is -2.77. The molecule has 2 aromatic rings. The Kier molecular flexibility index (Phi) is 4.87. The van der Waals surface area contributed by atoms with Crippen molar-refractivity contribution in [2.45, 2.75) is 38.1 Å². The molecule has 8 nitrogen and oxygen atoms in total. The quantitative estimate of drug-likeness (QED) is 0.748. The molecular formula is C19H25N5O3. The number of hydrogen-bond donors (Lipinski definition) is 3. The average molecular weight is 371 g/mol. The Morgan fingerprint density at radius 2 is 1.59 bits per heavy atom. The van der Waals surface area contributed by atoms with Crippen LogP contribution in [0.5, 0.6) is 0 Å². The van der Waals surface area contributed by atoms with Gasteiger partial charge in [-0.2, -0.15) is 0 Å². The van der Waals surface area contributed by atoms with Crippen LogP contribution in [0.4, 0.5) is 4.79 Å². The van der Waals surface area contributed by atoms with Gasteiger partial charge in [0.1, 0.15) is 0 Å². The highest BCUT2D eigenvalue weighted by atomic mass is 16.2. The fraction of sp³-hybridized carbons (Fsp3) is 0.526. The third-order valence-corrected chi connectivity index (χ3v) is 5.55. The zero-order valence-corrected chi connectivity index (χ0v) is 15.3. The zero-order chi connectivity index (χ0) is 18.8. The van der Waals surface area contributed by atoms with E-state index in [4.69, 9.17) is 0 Å². The van der Waals surface area contributed by atoms with Crippen molar-refractivity contribution in [3.8, 4) is 0 Å². The first-order valence-corrected chi connectivity index (χ1v) is 9.67. The molecule has 0 radical (unpaired) electrons. The lowest BCUT2D eigenvalue weighted by Gasteiger charge is -2.36. The highest BCUT2D eigenvalue weighted by Crippen LogP contribution is 2.18. The molecule has 0 bridgehead atoms. The van der Waals surface area contributed by atoms with Crippen LogP contribution in [-0.4, -0.2) is 63.9 Å². The van der Waals surface area contributed by atoms with Crippen molar-refractivity contribution in [2.24, 2.45) is 0 Å². The lowest BCUT2D eigenvalue weighted by molar-refractivity contribution is 0.0662. The molecule has 4 rings (SSSR count). The summed E-state index contributed by atoms with van der Waals surface area (Å²) in [7, 11) is 0. The van der Waals surface area contributed by atoms with Gasteiger partial charge in [0.15, 0.2) is 0 Å². The summed E-state index contributed by atoms with van der Waals surface area (Å²) in [5, 5.41) is 3.13. The minimum atomic E-state index is -0.285. The van der Waals surface area contributed by atoms with Crippen LogP contribution in [0, 0.1) is 0 Å². The van der Waals surface area contributed by atoms with Gasteiger partial charge in [0, 0.05) is 37.8 Å². The lowest BCUT2D eigenvalue weighted by Crippen LogP contribution is -2.54. The van der Waals surface area contributed by atoms with Crippen molar-refractivity contribution < 1.29 is 9.59 Å². The topological polar surface area (TPSA) is 101 Å². The van der Waals surface area contributed by atoms with Crippen LogP contribution >= 0.6 is 0 Å². The number of nitrogens with one attached hydrogen (secondary N) is 3. The van der Waals surface area contributed by atoms with E-state index in [9.17, 15) is 14.4 Å². The van der Waals surface area contributed by atoms with Crippen molar-refractivity contribution in [2.75, 3.05) is 26.2 Å². The maximum atomic E-state index is 12.7. The molecule has 1 aliphatic carbocycles. The monoisotopic (exact) mass is 371 g/mol. The highest BCUT2D eigenvalue weighted by molar-refractivity contribution is 5.97. The smallest absolute Gasteiger partial charge is 0.323 e. The van der Waals surface area contributed by atoms with Crippen molar-refractivity contribution in [1.82, 2.24) is 25.1 Å². The standard InChI is InChI=1S/C19H25N5O3/c25-17(13-6-7-15-16(12-13)22-18(26)21-15)23-8-10-24(11-9-23)19(27)20-14-4-2-1-3-5-14/h6-7,12,14H,1-5,8-11H2,(H,20,27)(H2,21,22,26). The fourth-order valence-electron chi connectivity index (χ4n) is 3.97. The number of amides is 3. The lowest BCUT2D eigenvalue weighted by atomic mass is 9.96. The highest BCUT2D eigenvalue weighted by Gasteiger charge is 2.26. The number of imidazole rings is 1. The Morgan fingerprint density at radius 3 is 2.33 bits per heavy atom. The molecule has 1 saturated heterocycles. The number of hydrogen-bond acceptors (Lipinski definition) is 3. The molecule has 1 saturated carbocycles. The Labute approximate surface area is 156 Å². The largest absolute Gasteiger partial charge is 0.335 e. The van der Waals surface area contributed by atoms with E-state index in [0.29, 0.717) is 48.8 Å². The van der Waals surface area contributed by atoms with E-state index in [1.807, 2.05) is 0 Å². The molecule has 3 amide bonds. The molecule has 1 aromatic heterocycles. The number of urea groups is 1.